The Kier molecular flexibility index (Phi) is 4.91. The number of hydrogen-bond acceptors (Lipinski definition) is 3. The van der Waals surface area contributed by atoms with E-state index in [1.54, 1.807) is 18.3 Å². The molecule has 2 aromatic heterocycles. The molecule has 5 heteroatoms. The Morgan fingerprint density at radius 2 is 1.88 bits per heavy atom. The first-order chi connectivity index (χ1) is 11.8. The maximum Gasteiger partial charge on any atom is 0.237 e. The molecule has 0 fully saturated rings. The van der Waals surface area contributed by atoms with Gasteiger partial charge >= 0.3 is 0 Å². The van der Waals surface area contributed by atoms with Gasteiger partial charge in [-0.05, 0) is 29.8 Å². The first kappa shape index (κ1) is 15.8. The molecule has 24 heavy (non-hydrogen) atoms. The molecule has 5 nitrogen and oxygen atoms in total. The summed E-state index contributed by atoms with van der Waals surface area (Å²) < 4.78 is 7.21. The molecule has 1 amide bonds. The van der Waals surface area contributed by atoms with Crippen molar-refractivity contribution in [2.45, 2.75) is 12.5 Å². The van der Waals surface area contributed by atoms with Gasteiger partial charge in [0.05, 0.1) is 19.6 Å². The molecule has 0 bridgehead atoms. The summed E-state index contributed by atoms with van der Waals surface area (Å²) >= 11 is 0. The van der Waals surface area contributed by atoms with Crippen LogP contribution in [0, 0.1) is 0 Å². The van der Waals surface area contributed by atoms with Crippen LogP contribution in [-0.4, -0.2) is 22.6 Å². The maximum atomic E-state index is 12.6. The second-order valence-corrected chi connectivity index (χ2v) is 5.37. The molecule has 0 radical (unpaired) electrons. The van der Waals surface area contributed by atoms with E-state index in [1.165, 1.54) is 7.11 Å². The quantitative estimate of drug-likeness (QED) is 0.756. The Balaban J connectivity index is 1.79. The smallest absolute Gasteiger partial charge is 0.237 e. The predicted octanol–water partition coefficient (Wildman–Crippen LogP) is 3.51. The van der Waals surface area contributed by atoms with Gasteiger partial charge in [0.2, 0.25) is 11.8 Å². The predicted molar refractivity (Wildman–Crippen MR) is 93.0 cm³/mol. The number of carbonyl (C=O) groups excluding carboxylic acids is 1. The number of hydrogen-bond donors (Lipinski definition) is 1. The van der Waals surface area contributed by atoms with Crippen molar-refractivity contribution in [1.82, 2.24) is 9.55 Å². The van der Waals surface area contributed by atoms with Crippen molar-refractivity contribution in [2.75, 3.05) is 12.4 Å². The summed E-state index contributed by atoms with van der Waals surface area (Å²) in [5.74, 6) is 0.312. The van der Waals surface area contributed by atoms with Crippen LogP contribution in [-0.2, 0) is 4.79 Å². The van der Waals surface area contributed by atoms with Crippen molar-refractivity contribution in [2.24, 2.45) is 0 Å². The van der Waals surface area contributed by atoms with Crippen molar-refractivity contribution < 1.29 is 9.53 Å². The second-order valence-electron chi connectivity index (χ2n) is 5.37. The van der Waals surface area contributed by atoms with Crippen molar-refractivity contribution in [1.29, 1.82) is 0 Å². The van der Waals surface area contributed by atoms with Gasteiger partial charge in [-0.25, -0.2) is 4.98 Å². The highest BCUT2D eigenvalue weighted by Crippen LogP contribution is 2.25. The number of amides is 1. The van der Waals surface area contributed by atoms with Crippen LogP contribution in [0.25, 0.3) is 0 Å². The average Bonchev–Trinajstić information content (AvgIpc) is 3.15. The third-order valence-corrected chi connectivity index (χ3v) is 3.79. The summed E-state index contributed by atoms with van der Waals surface area (Å²) in [5.41, 5.74) is 1.66. The van der Waals surface area contributed by atoms with Gasteiger partial charge < -0.3 is 14.6 Å². The molecule has 3 aromatic rings. The number of nitrogens with one attached hydrogen (secondary N) is 1. The van der Waals surface area contributed by atoms with Gasteiger partial charge in [-0.1, -0.05) is 30.3 Å². The first-order valence-electron chi connectivity index (χ1n) is 7.74. The largest absolute Gasteiger partial charge is 0.480 e. The molecule has 0 aliphatic rings. The molecule has 1 aromatic carbocycles. The lowest BCUT2D eigenvalue weighted by Crippen LogP contribution is -2.20. The fourth-order valence-electron chi connectivity index (χ4n) is 2.65. The highest BCUT2D eigenvalue weighted by Gasteiger charge is 2.18. The van der Waals surface area contributed by atoms with E-state index >= 15 is 0 Å². The monoisotopic (exact) mass is 321 g/mol. The molecule has 0 aliphatic carbocycles. The Morgan fingerprint density at radius 1 is 1.12 bits per heavy atom. The fraction of sp³-hybridized carbons (Fsp3) is 0.158. The Labute approximate surface area is 140 Å². The van der Waals surface area contributed by atoms with Crippen LogP contribution in [0.15, 0.2) is 73.2 Å². The number of nitrogens with zero attached hydrogens (tertiary/aromatic N) is 2. The van der Waals surface area contributed by atoms with Gasteiger partial charge in [0.25, 0.3) is 0 Å². The van der Waals surface area contributed by atoms with Crippen LogP contribution in [0.4, 0.5) is 5.69 Å². The lowest BCUT2D eigenvalue weighted by atomic mass is 10.0. The van der Waals surface area contributed by atoms with E-state index in [0.29, 0.717) is 18.0 Å². The number of rotatable bonds is 6. The fourth-order valence-corrected chi connectivity index (χ4v) is 2.65. The van der Waals surface area contributed by atoms with Crippen molar-refractivity contribution in [3.8, 4) is 5.88 Å². The Bertz CT molecular complexity index is 785. The molecular weight excluding hydrogens is 302 g/mol. The summed E-state index contributed by atoms with van der Waals surface area (Å²) in [6.07, 6.45) is 5.88. The minimum Gasteiger partial charge on any atom is -0.480 e. The maximum absolute atomic E-state index is 12.6. The molecule has 0 spiro atoms. The molecule has 2 heterocycles. The van der Waals surface area contributed by atoms with Crippen molar-refractivity contribution in [3.05, 3.63) is 78.8 Å². The Hall–Kier alpha value is -3.08. The number of pyridine rings is 1. The second kappa shape index (κ2) is 7.46. The third kappa shape index (κ3) is 3.63. The van der Waals surface area contributed by atoms with Crippen LogP contribution in [0.2, 0.25) is 0 Å². The normalized spacial score (nSPS) is 11.7. The van der Waals surface area contributed by atoms with Gasteiger partial charge in [0.15, 0.2) is 0 Å². The summed E-state index contributed by atoms with van der Waals surface area (Å²) in [5, 5.41) is 2.88. The molecule has 0 unspecified atom stereocenters. The molecule has 0 aliphatic heterocycles. The molecule has 0 saturated carbocycles. The number of carbonyl (C=O) groups is 1. The first-order valence-corrected chi connectivity index (χ1v) is 7.74. The number of benzene rings is 1. The lowest BCUT2D eigenvalue weighted by molar-refractivity contribution is -0.116. The van der Waals surface area contributed by atoms with Crippen LogP contribution < -0.4 is 10.1 Å². The van der Waals surface area contributed by atoms with Gasteiger partial charge in [0, 0.05) is 18.6 Å². The van der Waals surface area contributed by atoms with E-state index in [4.69, 9.17) is 4.74 Å². The summed E-state index contributed by atoms with van der Waals surface area (Å²) in [6, 6.07) is 17.4. The van der Waals surface area contributed by atoms with E-state index < -0.39 is 0 Å². The zero-order valence-corrected chi connectivity index (χ0v) is 13.4. The molecular formula is C19H19N3O2. The zero-order chi connectivity index (χ0) is 16.8. The molecule has 3 rings (SSSR count). The van der Waals surface area contributed by atoms with Crippen LogP contribution in [0.1, 0.15) is 18.0 Å². The minimum atomic E-state index is -0.0937. The van der Waals surface area contributed by atoms with Gasteiger partial charge in [0.1, 0.15) is 5.69 Å². The highest BCUT2D eigenvalue weighted by atomic mass is 16.5. The molecule has 1 N–H and O–H groups in total. The standard InChI is InChI=1S/C19H19N3O2/c1-24-19-16(10-7-11-20-19)21-18(23)14-17(22-12-5-6-13-22)15-8-3-2-4-9-15/h2-13,17H,14H2,1H3,(H,21,23)/t17-/m0/s1. The summed E-state index contributed by atoms with van der Waals surface area (Å²) in [4.78, 5) is 16.6. The van der Waals surface area contributed by atoms with Crippen molar-refractivity contribution in [3.63, 3.8) is 0 Å². The topological polar surface area (TPSA) is 56.1 Å². The number of aromatic nitrogens is 2. The molecule has 122 valence electrons. The van der Waals surface area contributed by atoms with Crippen LogP contribution >= 0.6 is 0 Å². The van der Waals surface area contributed by atoms with Crippen LogP contribution in [0.5, 0.6) is 5.88 Å². The van der Waals surface area contributed by atoms with Gasteiger partial charge in [-0.15, -0.1) is 0 Å². The van der Waals surface area contributed by atoms with E-state index in [-0.39, 0.29) is 11.9 Å². The van der Waals surface area contributed by atoms with E-state index in [1.807, 2.05) is 59.4 Å². The summed E-state index contributed by atoms with van der Waals surface area (Å²) in [7, 11) is 1.53. The number of methoxy groups -OCH3 is 1. The molecule has 0 saturated heterocycles. The SMILES string of the molecule is COc1ncccc1NC(=O)C[C@@H](c1ccccc1)n1cccc1. The van der Waals surface area contributed by atoms with Crippen molar-refractivity contribution >= 4 is 11.6 Å². The lowest BCUT2D eigenvalue weighted by Gasteiger charge is -2.19. The average molecular weight is 321 g/mol. The van der Waals surface area contributed by atoms with Gasteiger partial charge in [-0.2, -0.15) is 0 Å². The number of anilines is 1. The summed E-state index contributed by atoms with van der Waals surface area (Å²) in [6.45, 7) is 0. The van der Waals surface area contributed by atoms with Crippen LogP contribution in [0.3, 0.4) is 0 Å². The zero-order valence-electron chi connectivity index (χ0n) is 13.4. The Morgan fingerprint density at radius 3 is 2.58 bits per heavy atom. The highest BCUT2D eigenvalue weighted by molar-refractivity contribution is 5.92. The van der Waals surface area contributed by atoms with E-state index in [0.717, 1.165) is 5.56 Å². The van der Waals surface area contributed by atoms with E-state index in [2.05, 4.69) is 10.3 Å². The third-order valence-electron chi connectivity index (χ3n) is 3.79. The number of ether oxygens (including phenoxy) is 1. The minimum absolute atomic E-state index is 0.0659. The molecule has 1 atom stereocenters. The van der Waals surface area contributed by atoms with E-state index in [9.17, 15) is 4.79 Å². The van der Waals surface area contributed by atoms with Gasteiger partial charge in [-0.3, -0.25) is 4.79 Å².